The Morgan fingerprint density at radius 3 is 2.63 bits per heavy atom. The van der Waals surface area contributed by atoms with Crippen LogP contribution in [0.25, 0.3) is 16.9 Å². The van der Waals surface area contributed by atoms with Gasteiger partial charge in [0.2, 0.25) is 11.1 Å². The molecule has 2 heterocycles. The molecule has 0 aliphatic rings. The lowest BCUT2D eigenvalue weighted by Crippen LogP contribution is -2.18. The highest BCUT2D eigenvalue weighted by Crippen LogP contribution is 2.36. The second kappa shape index (κ2) is 7.22. The van der Waals surface area contributed by atoms with E-state index in [-0.39, 0.29) is 28.7 Å². The highest BCUT2D eigenvalue weighted by molar-refractivity contribution is 8.00. The zero-order valence-electron chi connectivity index (χ0n) is 14.8. The zero-order chi connectivity index (χ0) is 19.8. The van der Waals surface area contributed by atoms with Crippen LogP contribution in [0.1, 0.15) is 19.4 Å². The summed E-state index contributed by atoms with van der Waals surface area (Å²) in [7, 11) is 0. The molecule has 0 unspecified atom stereocenters. The van der Waals surface area contributed by atoms with Crippen LogP contribution in [-0.4, -0.2) is 26.0 Å². The number of anilines is 1. The molecule has 142 valence electrons. The van der Waals surface area contributed by atoms with Crippen LogP contribution in [0.4, 0.5) is 18.9 Å². The lowest BCUT2D eigenvalue weighted by Gasteiger charge is -2.14. The van der Waals surface area contributed by atoms with Crippen LogP contribution in [0, 0.1) is 12.8 Å². The van der Waals surface area contributed by atoms with Crippen LogP contribution < -0.4 is 5.32 Å². The molecule has 5 nitrogen and oxygen atoms in total. The van der Waals surface area contributed by atoms with Crippen LogP contribution in [0.5, 0.6) is 0 Å². The van der Waals surface area contributed by atoms with Crippen molar-refractivity contribution in [2.75, 3.05) is 5.32 Å². The van der Waals surface area contributed by atoms with Crippen molar-refractivity contribution >= 4 is 29.0 Å². The molecule has 2 aromatic heterocycles. The van der Waals surface area contributed by atoms with Crippen molar-refractivity contribution in [3.63, 3.8) is 0 Å². The van der Waals surface area contributed by atoms with Crippen molar-refractivity contribution in [2.24, 2.45) is 5.92 Å². The summed E-state index contributed by atoms with van der Waals surface area (Å²) in [4.78, 5) is 16.1. The van der Waals surface area contributed by atoms with Gasteiger partial charge in [0.05, 0.1) is 11.4 Å². The van der Waals surface area contributed by atoms with Gasteiger partial charge >= 0.3 is 5.51 Å². The van der Waals surface area contributed by atoms with Gasteiger partial charge < -0.3 is 5.32 Å². The molecule has 1 N–H and O–H groups in total. The van der Waals surface area contributed by atoms with E-state index >= 15 is 0 Å². The number of carbonyl (C=O) groups is 1. The third-order valence-corrected chi connectivity index (χ3v) is 4.37. The minimum atomic E-state index is -4.47. The number of fused-ring (bicyclic) bond motifs is 1. The molecule has 0 bridgehead atoms. The Labute approximate surface area is 158 Å². The number of halogens is 3. The molecule has 0 saturated carbocycles. The average molecular weight is 394 g/mol. The number of alkyl halides is 3. The zero-order valence-corrected chi connectivity index (χ0v) is 15.6. The SMILES string of the molecule is Cc1ccc(NC(=O)C(C)C)c(-c2cccc3nc(SC(F)(F)F)nn23)c1. The van der Waals surface area contributed by atoms with Crippen molar-refractivity contribution in [3.05, 3.63) is 42.0 Å². The molecule has 0 saturated heterocycles. The lowest BCUT2D eigenvalue weighted by atomic mass is 10.0. The molecule has 0 aliphatic heterocycles. The summed E-state index contributed by atoms with van der Waals surface area (Å²) in [5, 5.41) is 6.48. The number of aryl methyl sites for hydroxylation is 1. The van der Waals surface area contributed by atoms with Gasteiger partial charge in [0.15, 0.2) is 5.65 Å². The number of rotatable bonds is 4. The van der Waals surface area contributed by atoms with E-state index in [1.807, 2.05) is 19.1 Å². The number of hydrogen-bond donors (Lipinski definition) is 1. The molecule has 0 spiro atoms. The Morgan fingerprint density at radius 1 is 1.22 bits per heavy atom. The van der Waals surface area contributed by atoms with Crippen molar-refractivity contribution in [3.8, 4) is 11.3 Å². The number of benzene rings is 1. The van der Waals surface area contributed by atoms with Gasteiger partial charge in [-0.15, -0.1) is 5.10 Å². The van der Waals surface area contributed by atoms with Crippen molar-refractivity contribution in [1.29, 1.82) is 0 Å². The summed E-state index contributed by atoms with van der Waals surface area (Å²) in [6.07, 6.45) is 0. The first-order valence-corrected chi connectivity index (χ1v) is 8.99. The van der Waals surface area contributed by atoms with Gasteiger partial charge in [-0.2, -0.15) is 13.2 Å². The number of pyridine rings is 1. The third-order valence-electron chi connectivity index (χ3n) is 3.78. The van der Waals surface area contributed by atoms with Crippen LogP contribution in [0.2, 0.25) is 0 Å². The van der Waals surface area contributed by atoms with Crippen molar-refractivity contribution in [1.82, 2.24) is 14.6 Å². The van der Waals surface area contributed by atoms with Gasteiger partial charge in [0, 0.05) is 23.2 Å². The number of amides is 1. The fourth-order valence-electron chi connectivity index (χ4n) is 2.49. The van der Waals surface area contributed by atoms with E-state index in [9.17, 15) is 18.0 Å². The third kappa shape index (κ3) is 4.41. The summed E-state index contributed by atoms with van der Waals surface area (Å²) in [6.45, 7) is 5.45. The molecular formula is C18H17F3N4OS. The molecule has 0 fully saturated rings. The van der Waals surface area contributed by atoms with Gasteiger partial charge in [-0.3, -0.25) is 4.79 Å². The van der Waals surface area contributed by atoms with Gasteiger partial charge in [-0.05, 0) is 31.2 Å². The maximum Gasteiger partial charge on any atom is 0.449 e. The fourth-order valence-corrected chi connectivity index (χ4v) is 2.96. The number of nitrogens with zero attached hydrogens (tertiary/aromatic N) is 3. The van der Waals surface area contributed by atoms with Gasteiger partial charge in [0.1, 0.15) is 0 Å². The molecule has 3 aromatic rings. The van der Waals surface area contributed by atoms with E-state index in [1.54, 1.807) is 38.1 Å². The summed E-state index contributed by atoms with van der Waals surface area (Å²) >= 11 is -0.361. The Morgan fingerprint density at radius 2 is 1.96 bits per heavy atom. The molecule has 1 amide bonds. The van der Waals surface area contributed by atoms with E-state index in [2.05, 4.69) is 15.4 Å². The van der Waals surface area contributed by atoms with E-state index in [4.69, 9.17) is 0 Å². The topological polar surface area (TPSA) is 59.3 Å². The standard InChI is InChI=1S/C18H17F3N4OS/c1-10(2)16(26)22-13-8-7-11(3)9-12(13)14-5-4-6-15-23-17(24-25(14)15)27-18(19,20)21/h4-10H,1-3H3,(H,22,26). The predicted octanol–water partition coefficient (Wildman–Crippen LogP) is 4.91. The molecular weight excluding hydrogens is 377 g/mol. The summed E-state index contributed by atoms with van der Waals surface area (Å²) < 4.78 is 39.3. The second-order valence-corrected chi connectivity index (χ2v) is 7.35. The van der Waals surface area contributed by atoms with E-state index in [1.165, 1.54) is 4.52 Å². The van der Waals surface area contributed by atoms with E-state index in [0.29, 0.717) is 22.6 Å². The molecule has 1 aromatic carbocycles. The largest absolute Gasteiger partial charge is 0.449 e. The van der Waals surface area contributed by atoms with Gasteiger partial charge in [-0.25, -0.2) is 9.50 Å². The van der Waals surface area contributed by atoms with Crippen LogP contribution in [0.15, 0.2) is 41.6 Å². The monoisotopic (exact) mass is 394 g/mol. The number of hydrogen-bond acceptors (Lipinski definition) is 4. The Hall–Kier alpha value is -2.55. The Kier molecular flexibility index (Phi) is 5.14. The first-order chi connectivity index (χ1) is 12.6. The summed E-state index contributed by atoms with van der Waals surface area (Å²) in [5.41, 5.74) is -1.48. The number of aromatic nitrogens is 3. The summed E-state index contributed by atoms with van der Waals surface area (Å²) in [6, 6.07) is 10.5. The molecule has 0 radical (unpaired) electrons. The first kappa shape index (κ1) is 19.2. The maximum atomic E-state index is 12.7. The smallest absolute Gasteiger partial charge is 0.325 e. The Bertz CT molecular complexity index is 998. The maximum absolute atomic E-state index is 12.7. The number of carbonyl (C=O) groups excluding carboxylic acids is 1. The lowest BCUT2D eigenvalue weighted by molar-refractivity contribution is -0.118. The number of thioether (sulfide) groups is 1. The van der Waals surface area contributed by atoms with E-state index in [0.717, 1.165) is 5.56 Å². The predicted molar refractivity (Wildman–Crippen MR) is 98.5 cm³/mol. The molecule has 9 heteroatoms. The highest BCUT2D eigenvalue weighted by atomic mass is 32.2. The number of nitrogens with one attached hydrogen (secondary N) is 1. The minimum Gasteiger partial charge on any atom is -0.325 e. The normalized spacial score (nSPS) is 12.0. The summed E-state index contributed by atoms with van der Waals surface area (Å²) in [5.74, 6) is -0.365. The van der Waals surface area contributed by atoms with Crippen molar-refractivity contribution < 1.29 is 18.0 Å². The van der Waals surface area contributed by atoms with Gasteiger partial charge in [0.25, 0.3) is 0 Å². The molecule has 27 heavy (non-hydrogen) atoms. The molecule has 0 atom stereocenters. The van der Waals surface area contributed by atoms with Crippen molar-refractivity contribution in [2.45, 2.75) is 31.4 Å². The average Bonchev–Trinajstić information content (AvgIpc) is 2.96. The minimum absolute atomic E-state index is 0.154. The van der Waals surface area contributed by atoms with Crippen LogP contribution in [-0.2, 0) is 4.79 Å². The van der Waals surface area contributed by atoms with E-state index < -0.39 is 5.51 Å². The quantitative estimate of drug-likeness (QED) is 0.639. The van der Waals surface area contributed by atoms with Crippen LogP contribution in [0.3, 0.4) is 0 Å². The molecule has 0 aliphatic carbocycles. The molecule has 3 rings (SSSR count). The Balaban J connectivity index is 2.12. The highest BCUT2D eigenvalue weighted by Gasteiger charge is 2.32. The van der Waals surface area contributed by atoms with Gasteiger partial charge in [-0.1, -0.05) is 31.5 Å². The van der Waals surface area contributed by atoms with Crippen LogP contribution >= 0.6 is 11.8 Å². The first-order valence-electron chi connectivity index (χ1n) is 8.17. The fraction of sp³-hybridized carbons (Fsp3) is 0.278. The second-order valence-electron chi connectivity index (χ2n) is 6.32.